The lowest BCUT2D eigenvalue weighted by Crippen LogP contribution is -2.29. The smallest absolute Gasteiger partial charge is 0.320 e. The second-order valence-corrected chi connectivity index (χ2v) is 5.43. The molecular weight excluding hydrogens is 288 g/mol. The van der Waals surface area contributed by atoms with E-state index in [0.29, 0.717) is 6.42 Å². The number of ether oxygens (including phenoxy) is 2. The number of rotatable bonds is 6. The minimum atomic E-state index is -0.900. The summed E-state index contributed by atoms with van der Waals surface area (Å²) in [5.74, 6) is -1.94. The van der Waals surface area contributed by atoms with Gasteiger partial charge in [0.25, 0.3) is 0 Å². The molecule has 1 heterocycles. The van der Waals surface area contributed by atoms with Gasteiger partial charge in [0.2, 0.25) is 0 Å². The van der Waals surface area contributed by atoms with Gasteiger partial charge in [0.15, 0.2) is 5.92 Å². The van der Waals surface area contributed by atoms with Crippen LogP contribution in [-0.4, -0.2) is 25.2 Å². The van der Waals surface area contributed by atoms with Crippen molar-refractivity contribution in [3.8, 4) is 0 Å². The molecule has 0 amide bonds. The maximum Gasteiger partial charge on any atom is 0.320 e. The molecule has 0 radical (unpaired) electrons. The zero-order chi connectivity index (χ0) is 15.2. The van der Waals surface area contributed by atoms with Crippen molar-refractivity contribution in [2.45, 2.75) is 20.3 Å². The van der Waals surface area contributed by atoms with Crippen LogP contribution in [0.4, 0.5) is 0 Å². The lowest BCUT2D eigenvalue weighted by atomic mass is 9.99. The van der Waals surface area contributed by atoms with Gasteiger partial charge in [-0.25, -0.2) is 0 Å². The van der Waals surface area contributed by atoms with E-state index in [-0.39, 0.29) is 13.2 Å². The summed E-state index contributed by atoms with van der Waals surface area (Å²) in [7, 11) is 0. The largest absolute Gasteiger partial charge is 0.465 e. The Bertz CT molecular complexity index is 614. The Balaban J connectivity index is 2.25. The number of esters is 2. The topological polar surface area (TPSA) is 52.6 Å². The normalized spacial score (nSPS) is 10.8. The molecule has 0 bridgehead atoms. The van der Waals surface area contributed by atoms with Gasteiger partial charge in [-0.15, -0.1) is 11.3 Å². The number of benzene rings is 1. The summed E-state index contributed by atoms with van der Waals surface area (Å²) in [6, 6.07) is 7.93. The second-order valence-electron chi connectivity index (χ2n) is 4.52. The number of carbonyl (C=O) groups excluding carboxylic acids is 2. The van der Waals surface area contributed by atoms with Crippen molar-refractivity contribution in [1.82, 2.24) is 0 Å². The molecule has 5 heteroatoms. The summed E-state index contributed by atoms with van der Waals surface area (Å²) in [5, 5.41) is 3.05. The molecule has 112 valence electrons. The van der Waals surface area contributed by atoms with E-state index in [4.69, 9.17) is 9.47 Å². The van der Waals surface area contributed by atoms with Crippen molar-refractivity contribution in [2.75, 3.05) is 13.2 Å². The molecule has 0 fully saturated rings. The highest BCUT2D eigenvalue weighted by atomic mass is 32.1. The number of hydrogen-bond acceptors (Lipinski definition) is 5. The fourth-order valence-corrected chi connectivity index (χ4v) is 3.14. The molecule has 21 heavy (non-hydrogen) atoms. The first-order valence-electron chi connectivity index (χ1n) is 6.95. The SMILES string of the molecule is CCOC(=O)C(Cc1csc2ccccc12)C(=O)OCC. The van der Waals surface area contributed by atoms with Crippen LogP contribution in [0.2, 0.25) is 0 Å². The van der Waals surface area contributed by atoms with E-state index in [9.17, 15) is 9.59 Å². The van der Waals surface area contributed by atoms with Crippen molar-refractivity contribution >= 4 is 33.4 Å². The fraction of sp³-hybridized carbons (Fsp3) is 0.375. The molecule has 0 aliphatic rings. The van der Waals surface area contributed by atoms with Gasteiger partial charge in [-0.1, -0.05) is 18.2 Å². The molecule has 0 aliphatic heterocycles. The van der Waals surface area contributed by atoms with Gasteiger partial charge in [-0.2, -0.15) is 0 Å². The second kappa shape index (κ2) is 7.22. The molecule has 0 N–H and O–H groups in total. The Morgan fingerprint density at radius 3 is 2.33 bits per heavy atom. The Hall–Kier alpha value is -1.88. The molecule has 0 saturated carbocycles. The minimum Gasteiger partial charge on any atom is -0.465 e. The van der Waals surface area contributed by atoms with E-state index >= 15 is 0 Å². The van der Waals surface area contributed by atoms with Crippen molar-refractivity contribution < 1.29 is 19.1 Å². The molecule has 0 spiro atoms. The standard InChI is InChI=1S/C16H18O4S/c1-3-19-15(17)13(16(18)20-4-2)9-11-10-21-14-8-6-5-7-12(11)14/h5-8,10,13H,3-4,9H2,1-2H3. The molecule has 0 unspecified atom stereocenters. The maximum absolute atomic E-state index is 12.0. The number of fused-ring (bicyclic) bond motifs is 1. The third-order valence-corrected chi connectivity index (χ3v) is 4.14. The summed E-state index contributed by atoms with van der Waals surface area (Å²) in [6.45, 7) is 3.94. The molecule has 0 atom stereocenters. The van der Waals surface area contributed by atoms with Crippen molar-refractivity contribution in [2.24, 2.45) is 5.92 Å². The highest BCUT2D eigenvalue weighted by Gasteiger charge is 2.30. The number of thiophene rings is 1. The number of hydrogen-bond donors (Lipinski definition) is 0. The van der Waals surface area contributed by atoms with E-state index in [1.165, 1.54) is 0 Å². The van der Waals surface area contributed by atoms with Crippen LogP contribution in [0.3, 0.4) is 0 Å². The van der Waals surface area contributed by atoms with E-state index in [1.54, 1.807) is 25.2 Å². The van der Waals surface area contributed by atoms with Crippen LogP contribution in [0, 0.1) is 5.92 Å². The van der Waals surface area contributed by atoms with Crippen LogP contribution >= 0.6 is 11.3 Å². The van der Waals surface area contributed by atoms with E-state index < -0.39 is 17.9 Å². The summed E-state index contributed by atoms with van der Waals surface area (Å²) in [6.07, 6.45) is 0.307. The van der Waals surface area contributed by atoms with Crippen molar-refractivity contribution in [3.63, 3.8) is 0 Å². The summed E-state index contributed by atoms with van der Waals surface area (Å²) < 4.78 is 11.1. The van der Waals surface area contributed by atoms with Gasteiger partial charge in [-0.3, -0.25) is 9.59 Å². The van der Waals surface area contributed by atoms with E-state index in [1.807, 2.05) is 29.6 Å². The average Bonchev–Trinajstić information content (AvgIpc) is 2.88. The maximum atomic E-state index is 12.0. The van der Waals surface area contributed by atoms with E-state index in [0.717, 1.165) is 15.6 Å². The van der Waals surface area contributed by atoms with Crippen molar-refractivity contribution in [3.05, 3.63) is 35.2 Å². The zero-order valence-electron chi connectivity index (χ0n) is 12.1. The van der Waals surface area contributed by atoms with Gasteiger partial charge in [-0.05, 0) is 42.7 Å². The molecule has 1 aromatic carbocycles. The quantitative estimate of drug-likeness (QED) is 0.607. The Morgan fingerprint density at radius 2 is 1.71 bits per heavy atom. The summed E-state index contributed by atoms with van der Waals surface area (Å²) >= 11 is 1.60. The molecule has 4 nitrogen and oxygen atoms in total. The predicted molar refractivity (Wildman–Crippen MR) is 82.3 cm³/mol. The first kappa shape index (κ1) is 15.5. The third kappa shape index (κ3) is 3.61. The first-order chi connectivity index (χ1) is 10.2. The average molecular weight is 306 g/mol. The highest BCUT2D eigenvalue weighted by Crippen LogP contribution is 2.28. The van der Waals surface area contributed by atoms with Crippen LogP contribution < -0.4 is 0 Å². The monoisotopic (exact) mass is 306 g/mol. The highest BCUT2D eigenvalue weighted by molar-refractivity contribution is 7.17. The predicted octanol–water partition coefficient (Wildman–Crippen LogP) is 3.19. The van der Waals surface area contributed by atoms with Crippen LogP contribution in [-0.2, 0) is 25.5 Å². The molecule has 0 aliphatic carbocycles. The van der Waals surface area contributed by atoms with Gasteiger partial charge in [0, 0.05) is 4.70 Å². The zero-order valence-corrected chi connectivity index (χ0v) is 12.9. The number of carbonyl (C=O) groups is 2. The molecule has 2 aromatic rings. The third-order valence-electron chi connectivity index (χ3n) is 3.13. The summed E-state index contributed by atoms with van der Waals surface area (Å²) in [5.41, 5.74) is 0.974. The minimum absolute atomic E-state index is 0.249. The van der Waals surface area contributed by atoms with Crippen LogP contribution in [0.1, 0.15) is 19.4 Å². The van der Waals surface area contributed by atoms with Crippen LogP contribution in [0.5, 0.6) is 0 Å². The van der Waals surface area contributed by atoms with Gasteiger partial charge in [0.05, 0.1) is 13.2 Å². The Labute approximate surface area is 127 Å². The van der Waals surface area contributed by atoms with E-state index in [2.05, 4.69) is 0 Å². The fourth-order valence-electron chi connectivity index (χ4n) is 2.16. The van der Waals surface area contributed by atoms with Crippen molar-refractivity contribution in [1.29, 1.82) is 0 Å². The lowest BCUT2D eigenvalue weighted by Gasteiger charge is -2.14. The van der Waals surface area contributed by atoms with Gasteiger partial charge in [0.1, 0.15) is 0 Å². The molecule has 0 saturated heterocycles. The Kier molecular flexibility index (Phi) is 5.33. The molecule has 1 aromatic heterocycles. The van der Waals surface area contributed by atoms with Gasteiger partial charge < -0.3 is 9.47 Å². The van der Waals surface area contributed by atoms with Gasteiger partial charge >= 0.3 is 11.9 Å². The molecular formula is C16H18O4S. The summed E-state index contributed by atoms with van der Waals surface area (Å²) in [4.78, 5) is 24.0. The Morgan fingerprint density at radius 1 is 1.10 bits per heavy atom. The molecule has 2 rings (SSSR count). The van der Waals surface area contributed by atoms with Crippen LogP contribution in [0.15, 0.2) is 29.6 Å². The van der Waals surface area contributed by atoms with Crippen LogP contribution in [0.25, 0.3) is 10.1 Å². The lowest BCUT2D eigenvalue weighted by molar-refractivity contribution is -0.161. The first-order valence-corrected chi connectivity index (χ1v) is 7.83.